The second kappa shape index (κ2) is 10.2. The fraction of sp³-hybridized carbons (Fsp3) is 0.0714. The standard InChI is InChI=1S/C28H20Cl2N2O2S/c1-18-7-10-21(11-8-18)31-28-32(17-19-5-3-2-4-6-19)27(33)26(35-28)16-22-12-14-25(34-22)23-13-9-20(29)15-24(23)30/h2-16H,17H2,1H3/b26-16+,31-28?. The van der Waals surface area contributed by atoms with Crippen LogP contribution in [-0.4, -0.2) is 16.0 Å². The molecule has 1 aromatic heterocycles. The van der Waals surface area contributed by atoms with Crippen molar-refractivity contribution < 1.29 is 9.21 Å². The first-order chi connectivity index (χ1) is 17.0. The van der Waals surface area contributed by atoms with Crippen LogP contribution < -0.4 is 0 Å². The van der Waals surface area contributed by atoms with E-state index in [4.69, 9.17) is 32.6 Å². The molecule has 35 heavy (non-hydrogen) atoms. The molecule has 1 aliphatic heterocycles. The number of amides is 1. The van der Waals surface area contributed by atoms with E-state index in [-0.39, 0.29) is 5.91 Å². The van der Waals surface area contributed by atoms with Crippen LogP contribution in [0.2, 0.25) is 10.0 Å². The Kier molecular flexibility index (Phi) is 6.82. The number of benzene rings is 3. The molecule has 1 saturated heterocycles. The van der Waals surface area contributed by atoms with Gasteiger partial charge in [0.15, 0.2) is 5.17 Å². The maximum atomic E-state index is 13.4. The highest BCUT2D eigenvalue weighted by Gasteiger charge is 2.33. The molecule has 1 amide bonds. The number of carbonyl (C=O) groups excluding carboxylic acids is 1. The van der Waals surface area contributed by atoms with Crippen LogP contribution in [0, 0.1) is 6.92 Å². The summed E-state index contributed by atoms with van der Waals surface area (Å²) in [5.74, 6) is 1.04. The van der Waals surface area contributed by atoms with Crippen molar-refractivity contribution in [2.24, 2.45) is 4.99 Å². The number of halogens is 2. The summed E-state index contributed by atoms with van der Waals surface area (Å²) in [6, 6.07) is 26.7. The molecule has 3 aromatic carbocycles. The Bertz CT molecular complexity index is 1440. The number of amidine groups is 1. The molecule has 0 aliphatic carbocycles. The van der Waals surface area contributed by atoms with Gasteiger partial charge in [0.25, 0.3) is 5.91 Å². The first-order valence-corrected chi connectivity index (χ1v) is 12.5. The molecule has 1 aliphatic rings. The monoisotopic (exact) mass is 518 g/mol. The van der Waals surface area contributed by atoms with E-state index in [1.165, 1.54) is 11.8 Å². The molecule has 0 saturated carbocycles. The molecule has 4 aromatic rings. The van der Waals surface area contributed by atoms with E-state index < -0.39 is 0 Å². The summed E-state index contributed by atoms with van der Waals surface area (Å²) in [6.45, 7) is 2.46. The fourth-order valence-corrected chi connectivity index (χ4v) is 5.10. The maximum absolute atomic E-state index is 13.4. The van der Waals surface area contributed by atoms with E-state index in [2.05, 4.69) is 0 Å². The van der Waals surface area contributed by atoms with Gasteiger partial charge < -0.3 is 4.42 Å². The normalized spacial score (nSPS) is 16.0. The Morgan fingerprint density at radius 2 is 1.74 bits per heavy atom. The summed E-state index contributed by atoms with van der Waals surface area (Å²) < 4.78 is 5.99. The van der Waals surface area contributed by atoms with Gasteiger partial charge in [0.1, 0.15) is 11.5 Å². The quantitative estimate of drug-likeness (QED) is 0.249. The number of furan rings is 1. The van der Waals surface area contributed by atoms with Crippen LogP contribution in [0.4, 0.5) is 5.69 Å². The maximum Gasteiger partial charge on any atom is 0.267 e. The predicted molar refractivity (Wildman–Crippen MR) is 145 cm³/mol. The van der Waals surface area contributed by atoms with E-state index in [0.717, 1.165) is 22.4 Å². The summed E-state index contributed by atoms with van der Waals surface area (Å²) in [7, 11) is 0. The van der Waals surface area contributed by atoms with Crippen LogP contribution in [0.1, 0.15) is 16.9 Å². The second-order valence-corrected chi connectivity index (χ2v) is 9.90. The van der Waals surface area contributed by atoms with Gasteiger partial charge in [0, 0.05) is 16.7 Å². The minimum Gasteiger partial charge on any atom is -0.457 e. The largest absolute Gasteiger partial charge is 0.457 e. The van der Waals surface area contributed by atoms with Gasteiger partial charge in [-0.15, -0.1) is 0 Å². The van der Waals surface area contributed by atoms with Crippen molar-refractivity contribution in [3.63, 3.8) is 0 Å². The Labute approximate surface area is 217 Å². The first kappa shape index (κ1) is 23.5. The highest BCUT2D eigenvalue weighted by molar-refractivity contribution is 8.18. The van der Waals surface area contributed by atoms with Crippen molar-refractivity contribution in [2.75, 3.05) is 0 Å². The topological polar surface area (TPSA) is 45.8 Å². The third-order valence-corrected chi connectivity index (χ3v) is 6.98. The molecule has 174 valence electrons. The highest BCUT2D eigenvalue weighted by Crippen LogP contribution is 2.37. The minimum absolute atomic E-state index is 0.118. The summed E-state index contributed by atoms with van der Waals surface area (Å²) in [5.41, 5.74) is 3.71. The minimum atomic E-state index is -0.118. The van der Waals surface area contributed by atoms with Crippen LogP contribution >= 0.6 is 35.0 Å². The van der Waals surface area contributed by atoms with Gasteiger partial charge in [-0.1, -0.05) is 71.2 Å². The van der Waals surface area contributed by atoms with Crippen molar-refractivity contribution in [3.05, 3.63) is 117 Å². The van der Waals surface area contributed by atoms with Crippen LogP contribution in [-0.2, 0) is 11.3 Å². The number of nitrogens with zero attached hydrogens (tertiary/aromatic N) is 2. The van der Waals surface area contributed by atoms with E-state index in [9.17, 15) is 4.79 Å². The van der Waals surface area contributed by atoms with E-state index in [1.54, 1.807) is 23.1 Å². The summed E-state index contributed by atoms with van der Waals surface area (Å²) in [4.78, 5) is 20.4. The van der Waals surface area contributed by atoms with Gasteiger partial charge >= 0.3 is 0 Å². The number of hydrogen-bond donors (Lipinski definition) is 0. The van der Waals surface area contributed by atoms with E-state index in [0.29, 0.717) is 38.2 Å². The van der Waals surface area contributed by atoms with Crippen LogP contribution in [0.15, 0.2) is 99.2 Å². The van der Waals surface area contributed by atoms with Crippen LogP contribution in [0.3, 0.4) is 0 Å². The van der Waals surface area contributed by atoms with E-state index >= 15 is 0 Å². The van der Waals surface area contributed by atoms with Crippen molar-refractivity contribution in [2.45, 2.75) is 13.5 Å². The molecule has 0 N–H and O–H groups in total. The molecular formula is C28H20Cl2N2O2S. The zero-order valence-corrected chi connectivity index (χ0v) is 21.1. The Hall–Kier alpha value is -3.25. The summed E-state index contributed by atoms with van der Waals surface area (Å²) in [5, 5.41) is 1.68. The third-order valence-electron chi connectivity index (χ3n) is 5.43. The van der Waals surface area contributed by atoms with Crippen molar-refractivity contribution >= 4 is 57.8 Å². The zero-order valence-electron chi connectivity index (χ0n) is 18.7. The summed E-state index contributed by atoms with van der Waals surface area (Å²) >= 11 is 13.7. The van der Waals surface area contributed by atoms with Gasteiger partial charge in [0.05, 0.1) is 22.2 Å². The number of carbonyl (C=O) groups is 1. The molecule has 4 nitrogen and oxygen atoms in total. The molecule has 1 fully saturated rings. The Morgan fingerprint density at radius 1 is 0.971 bits per heavy atom. The average Bonchev–Trinajstić information content (AvgIpc) is 3.42. The second-order valence-electron chi connectivity index (χ2n) is 8.04. The molecule has 0 spiro atoms. The van der Waals surface area contributed by atoms with Crippen molar-refractivity contribution in [1.29, 1.82) is 0 Å². The lowest BCUT2D eigenvalue weighted by Gasteiger charge is -2.15. The third kappa shape index (κ3) is 5.38. The van der Waals surface area contributed by atoms with Crippen molar-refractivity contribution in [1.82, 2.24) is 4.90 Å². The SMILES string of the molecule is Cc1ccc(N=C2S/C(=C/c3ccc(-c4ccc(Cl)cc4Cl)o3)C(=O)N2Cc2ccccc2)cc1. The van der Waals surface area contributed by atoms with Crippen LogP contribution in [0.25, 0.3) is 17.4 Å². The molecule has 5 rings (SSSR count). The van der Waals surface area contributed by atoms with Gasteiger partial charge in [-0.3, -0.25) is 9.69 Å². The molecule has 0 bridgehead atoms. The van der Waals surface area contributed by atoms with Gasteiger partial charge in [-0.25, -0.2) is 4.99 Å². The van der Waals surface area contributed by atoms with Gasteiger partial charge in [-0.05, 0) is 66.7 Å². The lowest BCUT2D eigenvalue weighted by molar-refractivity contribution is -0.122. The Balaban J connectivity index is 1.47. The molecule has 0 radical (unpaired) electrons. The smallest absolute Gasteiger partial charge is 0.267 e. The molecule has 0 unspecified atom stereocenters. The van der Waals surface area contributed by atoms with Crippen LogP contribution in [0.5, 0.6) is 0 Å². The van der Waals surface area contributed by atoms with Crippen molar-refractivity contribution in [3.8, 4) is 11.3 Å². The molecular weight excluding hydrogens is 499 g/mol. The summed E-state index contributed by atoms with van der Waals surface area (Å²) in [6.07, 6.45) is 1.75. The Morgan fingerprint density at radius 3 is 2.49 bits per heavy atom. The highest BCUT2D eigenvalue weighted by atomic mass is 35.5. The predicted octanol–water partition coefficient (Wildman–Crippen LogP) is 8.37. The lowest BCUT2D eigenvalue weighted by atomic mass is 10.2. The zero-order chi connectivity index (χ0) is 24.4. The van der Waals surface area contributed by atoms with Gasteiger partial charge in [0.2, 0.25) is 0 Å². The first-order valence-electron chi connectivity index (χ1n) is 10.9. The number of aliphatic imine (C=N–C) groups is 1. The fourth-order valence-electron chi connectivity index (χ4n) is 3.62. The molecule has 7 heteroatoms. The molecule has 0 atom stereocenters. The number of thioether (sulfide) groups is 1. The van der Waals surface area contributed by atoms with E-state index in [1.807, 2.05) is 79.7 Å². The number of hydrogen-bond acceptors (Lipinski definition) is 4. The average molecular weight is 519 g/mol. The van der Waals surface area contributed by atoms with Gasteiger partial charge in [-0.2, -0.15) is 0 Å². The number of aryl methyl sites for hydroxylation is 1. The molecule has 2 heterocycles. The lowest BCUT2D eigenvalue weighted by Crippen LogP contribution is -2.28. The number of rotatable bonds is 5.